The lowest BCUT2D eigenvalue weighted by Crippen LogP contribution is -2.15. The molecule has 0 aliphatic heterocycles. The molecule has 0 radical (unpaired) electrons. The first-order chi connectivity index (χ1) is 11.0. The Hall–Kier alpha value is -2.70. The number of hydrogen-bond acceptors (Lipinski definition) is 4. The predicted molar refractivity (Wildman–Crippen MR) is 85.7 cm³/mol. The third kappa shape index (κ3) is 3.74. The van der Waals surface area contributed by atoms with Crippen molar-refractivity contribution < 1.29 is 14.7 Å². The van der Waals surface area contributed by atoms with Gasteiger partial charge in [-0.05, 0) is 31.9 Å². The Labute approximate surface area is 134 Å². The van der Waals surface area contributed by atoms with Crippen LogP contribution < -0.4 is 5.32 Å². The van der Waals surface area contributed by atoms with Crippen LogP contribution in [0.25, 0.3) is 0 Å². The lowest BCUT2D eigenvalue weighted by molar-refractivity contribution is 0.0696. The van der Waals surface area contributed by atoms with E-state index in [-0.39, 0.29) is 17.5 Å². The van der Waals surface area contributed by atoms with Crippen LogP contribution in [0.2, 0.25) is 0 Å². The van der Waals surface area contributed by atoms with E-state index in [1.54, 1.807) is 6.07 Å². The zero-order chi connectivity index (χ0) is 17.0. The van der Waals surface area contributed by atoms with E-state index in [9.17, 15) is 9.59 Å². The fraction of sp³-hybridized carbons (Fsp3) is 0.375. The Bertz CT molecular complexity index is 720. The van der Waals surface area contributed by atoms with Gasteiger partial charge in [0.15, 0.2) is 5.69 Å². The van der Waals surface area contributed by atoms with Gasteiger partial charge in [0, 0.05) is 11.9 Å². The van der Waals surface area contributed by atoms with E-state index in [1.165, 1.54) is 18.5 Å². The molecule has 2 rings (SSSR count). The average Bonchev–Trinajstić information content (AvgIpc) is 2.91. The molecule has 7 nitrogen and oxygen atoms in total. The van der Waals surface area contributed by atoms with Crippen LogP contribution in [0.1, 0.15) is 59.3 Å². The molecular weight excluding hydrogens is 296 g/mol. The number of aromatic carboxylic acids is 1. The summed E-state index contributed by atoms with van der Waals surface area (Å²) in [5.74, 6) is -1.48. The maximum Gasteiger partial charge on any atom is 0.337 e. The van der Waals surface area contributed by atoms with Crippen LogP contribution in [0, 0.1) is 6.92 Å². The number of hydrogen-bond donors (Lipinski definition) is 2. The van der Waals surface area contributed by atoms with E-state index in [4.69, 9.17) is 5.11 Å². The van der Waals surface area contributed by atoms with Crippen LogP contribution >= 0.6 is 0 Å². The molecule has 0 saturated heterocycles. The van der Waals surface area contributed by atoms with Crippen molar-refractivity contribution in [3.63, 3.8) is 0 Å². The average molecular weight is 316 g/mol. The number of carbonyl (C=O) groups excluding carboxylic acids is 1. The number of carboxylic acids is 1. The van der Waals surface area contributed by atoms with Gasteiger partial charge in [-0.1, -0.05) is 13.8 Å². The molecule has 1 amide bonds. The minimum Gasteiger partial charge on any atom is -0.478 e. The van der Waals surface area contributed by atoms with E-state index < -0.39 is 5.97 Å². The summed E-state index contributed by atoms with van der Waals surface area (Å²) in [6, 6.07) is 3.34. The van der Waals surface area contributed by atoms with Crippen LogP contribution in [0.4, 0.5) is 5.69 Å². The first-order valence-corrected chi connectivity index (χ1v) is 7.52. The van der Waals surface area contributed by atoms with Crippen molar-refractivity contribution >= 4 is 17.6 Å². The number of nitrogens with zero attached hydrogens (tertiary/aromatic N) is 3. The maximum absolute atomic E-state index is 12.3. The number of pyridine rings is 1. The zero-order valence-electron chi connectivity index (χ0n) is 13.4. The van der Waals surface area contributed by atoms with E-state index >= 15 is 0 Å². The number of aromatic nitrogens is 3. The normalized spacial score (nSPS) is 10.8. The molecule has 2 heterocycles. The van der Waals surface area contributed by atoms with Crippen molar-refractivity contribution in [3.05, 3.63) is 41.5 Å². The smallest absolute Gasteiger partial charge is 0.337 e. The van der Waals surface area contributed by atoms with Gasteiger partial charge in [0.2, 0.25) is 0 Å². The molecule has 0 aromatic carbocycles. The number of nitrogens with one attached hydrogen (secondary N) is 1. The van der Waals surface area contributed by atoms with Gasteiger partial charge < -0.3 is 10.4 Å². The SMILES string of the molecule is CCC(CC)n1nc(C(=O)Nc2cncc(C(=O)O)c2)cc1C. The molecule has 23 heavy (non-hydrogen) atoms. The first-order valence-electron chi connectivity index (χ1n) is 7.52. The van der Waals surface area contributed by atoms with Gasteiger partial charge in [0.1, 0.15) is 0 Å². The van der Waals surface area contributed by atoms with Gasteiger partial charge in [0.25, 0.3) is 5.91 Å². The standard InChI is InChI=1S/C16H20N4O3/c1-4-13(5-2)20-10(3)6-14(19-20)15(21)18-12-7-11(16(22)23)8-17-9-12/h6-9,13H,4-5H2,1-3H3,(H,18,21)(H,22,23). The number of amides is 1. The largest absolute Gasteiger partial charge is 0.478 e. The molecule has 0 aliphatic rings. The molecule has 0 spiro atoms. The van der Waals surface area contributed by atoms with Crippen LogP contribution in [0.15, 0.2) is 24.5 Å². The lowest BCUT2D eigenvalue weighted by atomic mass is 10.2. The highest BCUT2D eigenvalue weighted by Gasteiger charge is 2.17. The summed E-state index contributed by atoms with van der Waals surface area (Å²) in [6.07, 6.45) is 4.49. The number of aryl methyl sites for hydroxylation is 1. The van der Waals surface area contributed by atoms with Crippen molar-refractivity contribution in [1.29, 1.82) is 0 Å². The maximum atomic E-state index is 12.3. The third-order valence-corrected chi connectivity index (χ3v) is 3.69. The van der Waals surface area contributed by atoms with Gasteiger partial charge >= 0.3 is 5.97 Å². The summed E-state index contributed by atoms with van der Waals surface area (Å²) in [6.45, 7) is 6.07. The van der Waals surface area contributed by atoms with Crippen LogP contribution in [-0.4, -0.2) is 31.7 Å². The minimum atomic E-state index is -1.09. The number of carboxylic acid groups (broad SMARTS) is 1. The molecular formula is C16H20N4O3. The van der Waals surface area contributed by atoms with Crippen molar-refractivity contribution in [2.24, 2.45) is 0 Å². The van der Waals surface area contributed by atoms with Gasteiger partial charge in [-0.25, -0.2) is 4.79 Å². The Kier molecular flexibility index (Phi) is 5.10. The van der Waals surface area contributed by atoms with Crippen LogP contribution in [0.3, 0.4) is 0 Å². The second-order valence-electron chi connectivity index (χ2n) is 5.31. The molecule has 0 unspecified atom stereocenters. The molecule has 7 heteroatoms. The quantitative estimate of drug-likeness (QED) is 0.854. The summed E-state index contributed by atoms with van der Waals surface area (Å²) >= 11 is 0. The van der Waals surface area contributed by atoms with Crippen LogP contribution in [-0.2, 0) is 0 Å². The molecule has 2 aromatic heterocycles. The van der Waals surface area contributed by atoms with E-state index in [2.05, 4.69) is 29.2 Å². The highest BCUT2D eigenvalue weighted by Crippen LogP contribution is 2.18. The van der Waals surface area contributed by atoms with Gasteiger partial charge in [-0.15, -0.1) is 0 Å². The van der Waals surface area contributed by atoms with Crippen molar-refractivity contribution in [2.45, 2.75) is 39.7 Å². The van der Waals surface area contributed by atoms with Gasteiger partial charge in [-0.2, -0.15) is 5.10 Å². The number of anilines is 1. The Balaban J connectivity index is 2.20. The minimum absolute atomic E-state index is 0.0153. The third-order valence-electron chi connectivity index (χ3n) is 3.69. The Morgan fingerprint density at radius 3 is 2.57 bits per heavy atom. The predicted octanol–water partition coefficient (Wildman–Crippen LogP) is 2.90. The second kappa shape index (κ2) is 7.04. The highest BCUT2D eigenvalue weighted by atomic mass is 16.4. The van der Waals surface area contributed by atoms with Crippen LogP contribution in [0.5, 0.6) is 0 Å². The van der Waals surface area contributed by atoms with Crippen molar-refractivity contribution in [1.82, 2.24) is 14.8 Å². The summed E-state index contributed by atoms with van der Waals surface area (Å²) in [7, 11) is 0. The summed E-state index contributed by atoms with van der Waals surface area (Å²) in [5.41, 5.74) is 1.56. The molecule has 0 fully saturated rings. The van der Waals surface area contributed by atoms with Gasteiger partial charge in [0.05, 0.1) is 23.5 Å². The molecule has 122 valence electrons. The van der Waals surface area contributed by atoms with Crippen molar-refractivity contribution in [3.8, 4) is 0 Å². The summed E-state index contributed by atoms with van der Waals surface area (Å²) < 4.78 is 1.86. The molecule has 2 aromatic rings. The molecule has 0 atom stereocenters. The molecule has 0 aliphatic carbocycles. The fourth-order valence-corrected chi connectivity index (χ4v) is 2.42. The Morgan fingerprint density at radius 1 is 1.26 bits per heavy atom. The molecule has 0 saturated carbocycles. The lowest BCUT2D eigenvalue weighted by Gasteiger charge is -2.14. The molecule has 0 bridgehead atoms. The fourth-order valence-electron chi connectivity index (χ4n) is 2.42. The topological polar surface area (TPSA) is 97.1 Å². The van der Waals surface area contributed by atoms with E-state index in [0.29, 0.717) is 11.4 Å². The number of rotatable bonds is 6. The number of carbonyl (C=O) groups is 2. The first kappa shape index (κ1) is 16.7. The van der Waals surface area contributed by atoms with Crippen molar-refractivity contribution in [2.75, 3.05) is 5.32 Å². The monoisotopic (exact) mass is 316 g/mol. The summed E-state index contributed by atoms with van der Waals surface area (Å²) in [4.78, 5) is 27.0. The van der Waals surface area contributed by atoms with E-state index in [0.717, 1.165) is 18.5 Å². The Morgan fingerprint density at radius 2 is 1.96 bits per heavy atom. The highest BCUT2D eigenvalue weighted by molar-refractivity contribution is 6.03. The second-order valence-corrected chi connectivity index (χ2v) is 5.31. The van der Waals surface area contributed by atoms with E-state index in [1.807, 2.05) is 11.6 Å². The zero-order valence-corrected chi connectivity index (χ0v) is 13.4. The molecule has 2 N–H and O–H groups in total. The summed E-state index contributed by atoms with van der Waals surface area (Å²) in [5, 5.41) is 15.9. The van der Waals surface area contributed by atoms with Gasteiger partial charge in [-0.3, -0.25) is 14.5 Å².